The normalized spacial score (nSPS) is 11.3. The van der Waals surface area contributed by atoms with E-state index in [-0.39, 0.29) is 11.1 Å². The van der Waals surface area contributed by atoms with Gasteiger partial charge in [0.05, 0.1) is 6.61 Å². The van der Waals surface area contributed by atoms with Crippen LogP contribution in [0.2, 0.25) is 0 Å². The minimum Gasteiger partial charge on any atom is -0.490 e. The first-order chi connectivity index (χ1) is 17.1. The van der Waals surface area contributed by atoms with E-state index in [2.05, 4.69) is 38.1 Å². The highest BCUT2D eigenvalue weighted by Gasteiger charge is 2.14. The SMILES string of the molecule is CCCCCOc1ccc2cc(CCc3ccc(CCCCOCCCC)cc3)oc(=O)c2c1F. The van der Waals surface area contributed by atoms with Gasteiger partial charge in [-0.25, -0.2) is 9.18 Å². The fraction of sp³-hybridized carbons (Fsp3) is 0.500. The summed E-state index contributed by atoms with van der Waals surface area (Å²) in [5.41, 5.74) is 1.85. The molecule has 0 aliphatic rings. The van der Waals surface area contributed by atoms with Crippen LogP contribution in [0.3, 0.4) is 0 Å². The lowest BCUT2D eigenvalue weighted by molar-refractivity contribution is 0.127. The van der Waals surface area contributed by atoms with E-state index in [1.54, 1.807) is 18.2 Å². The highest BCUT2D eigenvalue weighted by atomic mass is 19.1. The Hall–Kier alpha value is -2.66. The van der Waals surface area contributed by atoms with E-state index < -0.39 is 11.4 Å². The molecule has 0 unspecified atom stereocenters. The second-order valence-corrected chi connectivity index (χ2v) is 9.14. The monoisotopic (exact) mass is 482 g/mol. The van der Waals surface area contributed by atoms with Crippen molar-refractivity contribution in [2.75, 3.05) is 19.8 Å². The number of halogens is 1. The van der Waals surface area contributed by atoms with Crippen LogP contribution >= 0.6 is 0 Å². The van der Waals surface area contributed by atoms with Crippen molar-refractivity contribution in [1.29, 1.82) is 0 Å². The van der Waals surface area contributed by atoms with E-state index in [4.69, 9.17) is 13.9 Å². The maximum atomic E-state index is 14.8. The molecule has 0 saturated heterocycles. The molecular formula is C30H39FO4. The van der Waals surface area contributed by atoms with Gasteiger partial charge in [0, 0.05) is 19.6 Å². The molecule has 0 fully saturated rings. The molecule has 1 heterocycles. The lowest BCUT2D eigenvalue weighted by Gasteiger charge is -2.09. The van der Waals surface area contributed by atoms with Crippen molar-refractivity contribution in [3.05, 3.63) is 75.6 Å². The van der Waals surface area contributed by atoms with Crippen LogP contribution in [0.4, 0.5) is 4.39 Å². The molecule has 0 atom stereocenters. The molecule has 0 spiro atoms. The van der Waals surface area contributed by atoms with Crippen LogP contribution in [0.5, 0.6) is 5.75 Å². The van der Waals surface area contributed by atoms with E-state index >= 15 is 0 Å². The molecule has 0 N–H and O–H groups in total. The average molecular weight is 483 g/mol. The van der Waals surface area contributed by atoms with Gasteiger partial charge in [0.25, 0.3) is 0 Å². The molecule has 3 aromatic rings. The van der Waals surface area contributed by atoms with Gasteiger partial charge in [-0.3, -0.25) is 0 Å². The van der Waals surface area contributed by atoms with Crippen LogP contribution in [-0.4, -0.2) is 19.8 Å². The van der Waals surface area contributed by atoms with Crippen molar-refractivity contribution in [2.24, 2.45) is 0 Å². The summed E-state index contributed by atoms with van der Waals surface area (Å²) < 4.78 is 31.5. The third kappa shape index (κ3) is 8.50. The summed E-state index contributed by atoms with van der Waals surface area (Å²) in [7, 11) is 0. The highest BCUT2D eigenvalue weighted by Crippen LogP contribution is 2.25. The van der Waals surface area contributed by atoms with Gasteiger partial charge in [-0.15, -0.1) is 0 Å². The fourth-order valence-corrected chi connectivity index (χ4v) is 4.06. The molecule has 3 rings (SSSR count). The summed E-state index contributed by atoms with van der Waals surface area (Å²) in [6.07, 6.45) is 9.84. The molecule has 5 heteroatoms. The molecule has 2 aromatic carbocycles. The maximum Gasteiger partial charge on any atom is 0.346 e. The standard InChI is InChI=1S/C30H39FO4/c1-3-5-8-21-34-27-18-16-25-22-26(35-30(32)28(25)29(27)31)17-15-24-13-11-23(12-14-24)10-7-9-20-33-19-6-4-2/h11-14,16,18,22H,3-10,15,17,19-21H2,1-2H3. The summed E-state index contributed by atoms with van der Waals surface area (Å²) >= 11 is 0. The second-order valence-electron chi connectivity index (χ2n) is 9.14. The quantitative estimate of drug-likeness (QED) is 0.199. The summed E-state index contributed by atoms with van der Waals surface area (Å²) in [6, 6.07) is 13.7. The first-order valence-electron chi connectivity index (χ1n) is 13.2. The van der Waals surface area contributed by atoms with Crippen LogP contribution in [-0.2, 0) is 24.0 Å². The summed E-state index contributed by atoms with van der Waals surface area (Å²) in [6.45, 7) is 6.42. The smallest absolute Gasteiger partial charge is 0.346 e. The third-order valence-corrected chi connectivity index (χ3v) is 6.22. The summed E-state index contributed by atoms with van der Waals surface area (Å²) in [4.78, 5) is 12.5. The zero-order chi connectivity index (χ0) is 24.9. The Bertz CT molecular complexity index is 1090. The van der Waals surface area contributed by atoms with E-state index in [1.165, 1.54) is 17.5 Å². The number of ether oxygens (including phenoxy) is 2. The van der Waals surface area contributed by atoms with Crippen molar-refractivity contribution in [1.82, 2.24) is 0 Å². The number of unbranched alkanes of at least 4 members (excludes halogenated alkanes) is 4. The molecule has 0 saturated carbocycles. The number of rotatable bonds is 16. The van der Waals surface area contributed by atoms with E-state index in [0.29, 0.717) is 24.2 Å². The van der Waals surface area contributed by atoms with E-state index in [1.807, 2.05) is 0 Å². The molecule has 35 heavy (non-hydrogen) atoms. The number of benzene rings is 2. The maximum absolute atomic E-state index is 14.8. The Morgan fingerprint density at radius 2 is 1.46 bits per heavy atom. The predicted octanol–water partition coefficient (Wildman–Crippen LogP) is 7.43. The predicted molar refractivity (Wildman–Crippen MR) is 140 cm³/mol. The zero-order valence-corrected chi connectivity index (χ0v) is 21.2. The second kappa shape index (κ2) is 14.7. The minimum absolute atomic E-state index is 0.0399. The molecule has 0 bridgehead atoms. The van der Waals surface area contributed by atoms with Gasteiger partial charge in [-0.1, -0.05) is 63.4 Å². The Morgan fingerprint density at radius 1 is 0.771 bits per heavy atom. The Morgan fingerprint density at radius 3 is 2.20 bits per heavy atom. The largest absolute Gasteiger partial charge is 0.490 e. The van der Waals surface area contributed by atoms with Crippen LogP contribution in [0.25, 0.3) is 10.8 Å². The summed E-state index contributed by atoms with van der Waals surface area (Å²) in [5.74, 6) is 0.0332. The highest BCUT2D eigenvalue weighted by molar-refractivity contribution is 5.83. The van der Waals surface area contributed by atoms with Crippen LogP contribution in [0, 0.1) is 5.82 Å². The van der Waals surface area contributed by atoms with Crippen molar-refractivity contribution in [2.45, 2.75) is 78.1 Å². The fourth-order valence-electron chi connectivity index (χ4n) is 4.06. The van der Waals surface area contributed by atoms with Gasteiger partial charge < -0.3 is 13.9 Å². The molecule has 190 valence electrons. The molecule has 4 nitrogen and oxygen atoms in total. The molecule has 0 aliphatic heterocycles. The van der Waals surface area contributed by atoms with Gasteiger partial charge in [-0.05, 0) is 67.2 Å². The number of fused-ring (bicyclic) bond motifs is 1. The van der Waals surface area contributed by atoms with Crippen molar-refractivity contribution >= 4 is 10.8 Å². The van der Waals surface area contributed by atoms with Gasteiger partial charge in [0.15, 0.2) is 11.6 Å². The zero-order valence-electron chi connectivity index (χ0n) is 21.2. The van der Waals surface area contributed by atoms with Gasteiger partial charge in [-0.2, -0.15) is 0 Å². The van der Waals surface area contributed by atoms with Crippen molar-refractivity contribution in [3.8, 4) is 5.75 Å². The Balaban J connectivity index is 1.52. The van der Waals surface area contributed by atoms with Crippen LogP contribution < -0.4 is 10.4 Å². The Labute approximate surface area is 208 Å². The number of aryl methyl sites for hydroxylation is 3. The molecule has 1 aromatic heterocycles. The Kier molecular flexibility index (Phi) is 11.3. The van der Waals surface area contributed by atoms with Crippen molar-refractivity contribution in [3.63, 3.8) is 0 Å². The molecule has 0 radical (unpaired) electrons. The number of hydrogen-bond acceptors (Lipinski definition) is 4. The first-order valence-corrected chi connectivity index (χ1v) is 13.2. The van der Waals surface area contributed by atoms with Crippen LogP contribution in [0.15, 0.2) is 51.7 Å². The molecular weight excluding hydrogens is 443 g/mol. The molecule has 0 aliphatic carbocycles. The van der Waals surface area contributed by atoms with Gasteiger partial charge >= 0.3 is 5.63 Å². The lowest BCUT2D eigenvalue weighted by atomic mass is 10.0. The topological polar surface area (TPSA) is 48.7 Å². The summed E-state index contributed by atoms with van der Waals surface area (Å²) in [5, 5.41) is 0.505. The van der Waals surface area contributed by atoms with Gasteiger partial charge in [0.2, 0.25) is 0 Å². The van der Waals surface area contributed by atoms with Crippen molar-refractivity contribution < 1.29 is 18.3 Å². The van der Waals surface area contributed by atoms with Gasteiger partial charge in [0.1, 0.15) is 11.1 Å². The van der Waals surface area contributed by atoms with E-state index in [9.17, 15) is 9.18 Å². The first kappa shape index (κ1) is 26.9. The number of hydrogen-bond donors (Lipinski definition) is 0. The molecule has 0 amide bonds. The van der Waals surface area contributed by atoms with E-state index in [0.717, 1.165) is 64.6 Å². The van der Waals surface area contributed by atoms with Crippen LogP contribution in [0.1, 0.15) is 75.7 Å². The minimum atomic E-state index is -0.650. The third-order valence-electron chi connectivity index (χ3n) is 6.22. The lowest BCUT2D eigenvalue weighted by Crippen LogP contribution is -2.07. The average Bonchev–Trinajstić information content (AvgIpc) is 2.86.